The Morgan fingerprint density at radius 3 is 2.62 bits per heavy atom. The van der Waals surface area contributed by atoms with Crippen LogP contribution >= 0.6 is 15.9 Å². The van der Waals surface area contributed by atoms with Crippen LogP contribution in [0.5, 0.6) is 11.5 Å². The number of Topliss-reactive ketones (excluding diaryl/α,β-unsaturated/α-hetero) is 1. The Morgan fingerprint density at radius 2 is 1.96 bits per heavy atom. The minimum Gasteiger partial charge on any atom is -0.508 e. The summed E-state index contributed by atoms with van der Waals surface area (Å²) in [6, 6.07) is 11.0. The summed E-state index contributed by atoms with van der Waals surface area (Å²) in [6.45, 7) is 4.01. The van der Waals surface area contributed by atoms with Gasteiger partial charge >= 0.3 is 0 Å². The van der Waals surface area contributed by atoms with Gasteiger partial charge in [0.25, 0.3) is 0 Å². The number of hydrogen-bond acceptors (Lipinski definition) is 3. The van der Waals surface area contributed by atoms with Crippen LogP contribution in [-0.2, 0) is 6.42 Å². The van der Waals surface area contributed by atoms with Crippen molar-refractivity contribution >= 4 is 21.7 Å². The maximum Gasteiger partial charge on any atom is 0.170 e. The van der Waals surface area contributed by atoms with Crippen molar-refractivity contribution in [3.05, 3.63) is 69.2 Å². The first kappa shape index (κ1) is 16.8. The van der Waals surface area contributed by atoms with Crippen LogP contribution < -0.4 is 4.74 Å². The number of allylic oxidation sites excluding steroid dienone is 2. The van der Waals surface area contributed by atoms with Crippen LogP contribution in [-0.4, -0.2) is 10.9 Å². The highest BCUT2D eigenvalue weighted by atomic mass is 79.9. The molecule has 0 bridgehead atoms. The highest BCUT2D eigenvalue weighted by Crippen LogP contribution is 2.41. The number of carbonyl (C=O) groups excluding carboxylic acids is 1. The second kappa shape index (κ2) is 6.81. The molecule has 0 saturated carbocycles. The molecule has 0 saturated heterocycles. The first-order valence-electron chi connectivity index (χ1n) is 7.89. The molecule has 0 amide bonds. The van der Waals surface area contributed by atoms with Gasteiger partial charge in [0.2, 0.25) is 0 Å². The molecule has 1 N–H and O–H groups in total. The van der Waals surface area contributed by atoms with Crippen LogP contribution in [0.15, 0.2) is 52.5 Å². The van der Waals surface area contributed by atoms with Crippen LogP contribution in [0.2, 0.25) is 0 Å². The Labute approximate surface area is 150 Å². The summed E-state index contributed by atoms with van der Waals surface area (Å²) < 4.78 is 7.13. The average Bonchev–Trinajstić information content (AvgIpc) is 2.54. The number of halogens is 1. The summed E-state index contributed by atoms with van der Waals surface area (Å²) >= 11 is 3.42. The molecule has 1 aliphatic heterocycles. The molecule has 2 aromatic carbocycles. The summed E-state index contributed by atoms with van der Waals surface area (Å²) in [5.74, 6) is 0.717. The number of aromatic hydroxyl groups is 1. The summed E-state index contributed by atoms with van der Waals surface area (Å²) in [4.78, 5) is 12.6. The van der Waals surface area contributed by atoms with Gasteiger partial charge in [-0.1, -0.05) is 39.7 Å². The van der Waals surface area contributed by atoms with Gasteiger partial charge in [0.05, 0.1) is 12.0 Å². The summed E-state index contributed by atoms with van der Waals surface area (Å²) in [5, 5.41) is 10.2. The number of hydrogen-bond donors (Lipinski definition) is 1. The largest absolute Gasteiger partial charge is 0.508 e. The van der Waals surface area contributed by atoms with Crippen LogP contribution in [0.4, 0.5) is 0 Å². The zero-order valence-corrected chi connectivity index (χ0v) is 15.3. The lowest BCUT2D eigenvalue weighted by Gasteiger charge is -2.27. The van der Waals surface area contributed by atoms with Gasteiger partial charge in [0.1, 0.15) is 17.6 Å². The highest BCUT2D eigenvalue weighted by molar-refractivity contribution is 9.10. The standard InChI is InChI=1S/C20H19BrO3/c1-12(2)3-8-15-17(22)10-9-16-18(23)11-19(24-20(15)16)13-4-6-14(21)7-5-13/h3-7,9-10,19,22H,8,11H2,1-2H3. The van der Waals surface area contributed by atoms with Crippen LogP contribution in [0.25, 0.3) is 0 Å². The molecule has 3 rings (SSSR count). The van der Waals surface area contributed by atoms with E-state index in [1.54, 1.807) is 12.1 Å². The van der Waals surface area contributed by atoms with E-state index in [0.717, 1.165) is 15.6 Å². The zero-order chi connectivity index (χ0) is 17.3. The van der Waals surface area contributed by atoms with Crippen molar-refractivity contribution < 1.29 is 14.6 Å². The molecule has 0 radical (unpaired) electrons. The second-order valence-electron chi connectivity index (χ2n) is 6.21. The molecule has 1 heterocycles. The molecule has 1 aliphatic rings. The number of fused-ring (bicyclic) bond motifs is 1. The van der Waals surface area contributed by atoms with Gasteiger partial charge in [0.15, 0.2) is 5.78 Å². The van der Waals surface area contributed by atoms with Gasteiger partial charge in [-0.05, 0) is 50.1 Å². The molecule has 0 fully saturated rings. The Hall–Kier alpha value is -2.07. The predicted molar refractivity (Wildman–Crippen MR) is 97.7 cm³/mol. The molecule has 0 aromatic heterocycles. The third-order valence-corrected chi connectivity index (χ3v) is 4.65. The Morgan fingerprint density at radius 1 is 1.25 bits per heavy atom. The molecule has 2 aromatic rings. The fourth-order valence-electron chi connectivity index (χ4n) is 2.80. The lowest BCUT2D eigenvalue weighted by Crippen LogP contribution is -2.21. The SMILES string of the molecule is CC(C)=CCc1c(O)ccc2c1OC(c1ccc(Br)cc1)CC2=O. The van der Waals surface area contributed by atoms with Crippen LogP contribution in [0, 0.1) is 0 Å². The van der Waals surface area contributed by atoms with E-state index >= 15 is 0 Å². The normalized spacial score (nSPS) is 16.3. The van der Waals surface area contributed by atoms with Gasteiger partial charge in [-0.15, -0.1) is 0 Å². The number of ether oxygens (including phenoxy) is 1. The minimum atomic E-state index is -0.328. The van der Waals surface area contributed by atoms with Crippen molar-refractivity contribution in [1.29, 1.82) is 0 Å². The van der Waals surface area contributed by atoms with Crippen molar-refractivity contribution in [2.24, 2.45) is 0 Å². The third kappa shape index (κ3) is 3.39. The second-order valence-corrected chi connectivity index (χ2v) is 7.13. The van der Waals surface area contributed by atoms with Gasteiger partial charge in [-0.2, -0.15) is 0 Å². The van der Waals surface area contributed by atoms with Crippen LogP contribution in [0.3, 0.4) is 0 Å². The van der Waals surface area contributed by atoms with E-state index in [-0.39, 0.29) is 17.6 Å². The van der Waals surface area contributed by atoms with E-state index in [1.165, 1.54) is 0 Å². The number of rotatable bonds is 3. The number of ketones is 1. The molecule has 24 heavy (non-hydrogen) atoms. The molecule has 0 spiro atoms. The van der Waals surface area contributed by atoms with Gasteiger partial charge in [-0.25, -0.2) is 0 Å². The number of carbonyl (C=O) groups is 1. The first-order valence-corrected chi connectivity index (χ1v) is 8.68. The molecule has 1 atom stereocenters. The summed E-state index contributed by atoms with van der Waals surface area (Å²) in [7, 11) is 0. The Bertz CT molecular complexity index is 802. The highest BCUT2D eigenvalue weighted by Gasteiger charge is 2.30. The molecule has 1 unspecified atom stereocenters. The molecular weight excluding hydrogens is 368 g/mol. The van der Waals surface area contributed by atoms with Crippen molar-refractivity contribution in [3.8, 4) is 11.5 Å². The quantitative estimate of drug-likeness (QED) is 0.721. The fraction of sp³-hybridized carbons (Fsp3) is 0.250. The summed E-state index contributed by atoms with van der Waals surface area (Å²) in [5.41, 5.74) is 3.33. The van der Waals surface area contributed by atoms with E-state index < -0.39 is 0 Å². The van der Waals surface area contributed by atoms with E-state index in [2.05, 4.69) is 15.9 Å². The van der Waals surface area contributed by atoms with Gasteiger partial charge in [-0.3, -0.25) is 4.79 Å². The lowest BCUT2D eigenvalue weighted by molar-refractivity contribution is 0.0847. The maximum absolute atomic E-state index is 12.6. The number of phenols is 1. The van der Waals surface area contributed by atoms with E-state index in [0.29, 0.717) is 29.7 Å². The lowest BCUT2D eigenvalue weighted by atomic mass is 9.93. The summed E-state index contributed by atoms with van der Waals surface area (Å²) in [6.07, 6.45) is 2.54. The number of benzene rings is 2. The number of phenolic OH excluding ortho intramolecular Hbond substituents is 1. The first-order chi connectivity index (χ1) is 11.5. The van der Waals surface area contributed by atoms with E-state index in [4.69, 9.17) is 4.74 Å². The van der Waals surface area contributed by atoms with Gasteiger partial charge in [0, 0.05) is 10.0 Å². The van der Waals surface area contributed by atoms with E-state index in [9.17, 15) is 9.90 Å². The van der Waals surface area contributed by atoms with Crippen molar-refractivity contribution in [2.75, 3.05) is 0 Å². The van der Waals surface area contributed by atoms with Crippen LogP contribution in [0.1, 0.15) is 47.9 Å². The smallest absolute Gasteiger partial charge is 0.170 e. The van der Waals surface area contributed by atoms with E-state index in [1.807, 2.05) is 44.2 Å². The predicted octanol–water partition coefficient (Wildman–Crippen LogP) is 5.37. The van der Waals surface area contributed by atoms with Crippen molar-refractivity contribution in [3.63, 3.8) is 0 Å². The molecule has 4 heteroatoms. The molecule has 124 valence electrons. The van der Waals surface area contributed by atoms with Crippen molar-refractivity contribution in [1.82, 2.24) is 0 Å². The average molecular weight is 387 g/mol. The fourth-order valence-corrected chi connectivity index (χ4v) is 3.06. The zero-order valence-electron chi connectivity index (χ0n) is 13.7. The molecule has 0 aliphatic carbocycles. The maximum atomic E-state index is 12.6. The molecular formula is C20H19BrO3. The molecule has 3 nitrogen and oxygen atoms in total. The Balaban J connectivity index is 2.01. The third-order valence-electron chi connectivity index (χ3n) is 4.12. The van der Waals surface area contributed by atoms with Gasteiger partial charge < -0.3 is 9.84 Å². The Kier molecular flexibility index (Phi) is 4.76. The van der Waals surface area contributed by atoms with Crippen molar-refractivity contribution in [2.45, 2.75) is 32.8 Å². The monoisotopic (exact) mass is 386 g/mol. The minimum absolute atomic E-state index is 0.0441. The topological polar surface area (TPSA) is 46.5 Å².